The lowest BCUT2D eigenvalue weighted by Crippen LogP contribution is -2.36. The number of amides is 1. The zero-order valence-corrected chi connectivity index (χ0v) is 13.1. The van der Waals surface area contributed by atoms with Gasteiger partial charge in [0.25, 0.3) is 0 Å². The standard InChI is InChI=1S/C10H14N2O3S.2CH5N/c1-11-10(13)8-12(2)16(14,15)9-6-4-3-5-7-9;2*1-2/h3-7H,8H2,1-2H3,(H,11,13);2*2H2,1H3. The third-order valence-corrected chi connectivity index (χ3v) is 3.91. The summed E-state index contributed by atoms with van der Waals surface area (Å²) in [7, 11) is 2.26. The predicted octanol–water partition coefficient (Wildman–Crippen LogP) is -0.797. The summed E-state index contributed by atoms with van der Waals surface area (Å²) in [5.74, 6) is -0.345. The van der Waals surface area contributed by atoms with E-state index >= 15 is 0 Å². The molecule has 1 aromatic carbocycles. The van der Waals surface area contributed by atoms with Crippen molar-refractivity contribution in [2.45, 2.75) is 4.90 Å². The zero-order chi connectivity index (χ0) is 16.2. The van der Waals surface area contributed by atoms with Gasteiger partial charge in [-0.25, -0.2) is 8.42 Å². The number of benzene rings is 1. The molecule has 0 radical (unpaired) electrons. The zero-order valence-electron chi connectivity index (χ0n) is 12.3. The van der Waals surface area contributed by atoms with Crippen LogP contribution in [0.25, 0.3) is 0 Å². The van der Waals surface area contributed by atoms with Crippen molar-refractivity contribution in [2.75, 3.05) is 34.7 Å². The number of carbonyl (C=O) groups is 1. The van der Waals surface area contributed by atoms with Crippen LogP contribution in [0.4, 0.5) is 0 Å². The third-order valence-electron chi connectivity index (χ3n) is 2.10. The minimum atomic E-state index is -3.57. The maximum absolute atomic E-state index is 11.9. The Hall–Kier alpha value is -1.48. The van der Waals surface area contributed by atoms with Gasteiger partial charge in [0.15, 0.2) is 0 Å². The summed E-state index contributed by atoms with van der Waals surface area (Å²) >= 11 is 0. The summed E-state index contributed by atoms with van der Waals surface area (Å²) in [5, 5.41) is 2.37. The van der Waals surface area contributed by atoms with Crippen LogP contribution in [0, 0.1) is 0 Å². The van der Waals surface area contributed by atoms with Crippen LogP contribution in [0.15, 0.2) is 35.2 Å². The van der Waals surface area contributed by atoms with E-state index in [1.54, 1.807) is 18.2 Å². The van der Waals surface area contributed by atoms with Crippen LogP contribution in [0.3, 0.4) is 0 Å². The molecular weight excluding hydrogens is 280 g/mol. The largest absolute Gasteiger partial charge is 0.358 e. The molecule has 0 heterocycles. The maximum atomic E-state index is 11.9. The van der Waals surface area contributed by atoms with Crippen molar-refractivity contribution < 1.29 is 13.2 Å². The average molecular weight is 304 g/mol. The van der Waals surface area contributed by atoms with E-state index in [0.29, 0.717) is 0 Å². The minimum absolute atomic E-state index is 0.182. The molecule has 0 unspecified atom stereocenters. The summed E-state index contributed by atoms with van der Waals surface area (Å²) in [6.07, 6.45) is 0. The number of nitrogens with one attached hydrogen (secondary N) is 1. The molecule has 0 aromatic heterocycles. The molecule has 20 heavy (non-hydrogen) atoms. The Labute approximate surface area is 121 Å². The lowest BCUT2D eigenvalue weighted by molar-refractivity contribution is -0.120. The molecule has 7 nitrogen and oxygen atoms in total. The second-order valence-corrected chi connectivity index (χ2v) is 5.29. The van der Waals surface area contributed by atoms with Gasteiger partial charge in [-0.1, -0.05) is 18.2 Å². The van der Waals surface area contributed by atoms with E-state index in [1.807, 2.05) is 0 Å². The van der Waals surface area contributed by atoms with Gasteiger partial charge in [0.2, 0.25) is 15.9 Å². The first-order valence-corrected chi connectivity index (χ1v) is 7.30. The maximum Gasteiger partial charge on any atom is 0.243 e. The molecule has 116 valence electrons. The Kier molecular flexibility index (Phi) is 11.8. The molecule has 0 fully saturated rings. The summed E-state index contributed by atoms with van der Waals surface area (Å²) in [6.45, 7) is -0.187. The Bertz CT molecular complexity index is 463. The van der Waals surface area contributed by atoms with Crippen LogP contribution >= 0.6 is 0 Å². The van der Waals surface area contributed by atoms with Crippen molar-refractivity contribution in [3.63, 3.8) is 0 Å². The molecule has 1 amide bonds. The number of likely N-dealkylation sites (N-methyl/N-ethyl adjacent to an activating group) is 2. The van der Waals surface area contributed by atoms with E-state index in [2.05, 4.69) is 16.8 Å². The lowest BCUT2D eigenvalue weighted by Gasteiger charge is -2.15. The van der Waals surface area contributed by atoms with Gasteiger partial charge in [0.1, 0.15) is 0 Å². The molecule has 5 N–H and O–H groups in total. The smallest absolute Gasteiger partial charge is 0.243 e. The van der Waals surface area contributed by atoms with Crippen molar-refractivity contribution in [3.05, 3.63) is 30.3 Å². The molecule has 1 rings (SSSR count). The van der Waals surface area contributed by atoms with Crippen LogP contribution in [0.5, 0.6) is 0 Å². The minimum Gasteiger partial charge on any atom is -0.358 e. The number of nitrogens with two attached hydrogens (primary N) is 2. The van der Waals surface area contributed by atoms with Crippen LogP contribution < -0.4 is 16.8 Å². The third kappa shape index (κ3) is 6.62. The van der Waals surface area contributed by atoms with Gasteiger partial charge in [0, 0.05) is 14.1 Å². The number of sulfonamides is 1. The molecule has 8 heteroatoms. The molecule has 0 atom stereocenters. The van der Waals surface area contributed by atoms with E-state index < -0.39 is 10.0 Å². The molecular formula is C12H24N4O3S. The highest BCUT2D eigenvalue weighted by Crippen LogP contribution is 2.12. The van der Waals surface area contributed by atoms with E-state index in [9.17, 15) is 13.2 Å². The molecule has 0 aliphatic rings. The van der Waals surface area contributed by atoms with E-state index in [4.69, 9.17) is 0 Å². The van der Waals surface area contributed by atoms with Crippen LogP contribution in [0.1, 0.15) is 0 Å². The first-order valence-electron chi connectivity index (χ1n) is 5.86. The number of carbonyl (C=O) groups excluding carboxylic acids is 1. The van der Waals surface area contributed by atoms with Crippen molar-refractivity contribution in [1.82, 2.24) is 9.62 Å². The van der Waals surface area contributed by atoms with Crippen LogP contribution in [0.2, 0.25) is 0 Å². The number of rotatable bonds is 4. The Morgan fingerprint density at radius 2 is 1.60 bits per heavy atom. The summed E-state index contributed by atoms with van der Waals surface area (Å²) < 4.78 is 24.9. The summed E-state index contributed by atoms with van der Waals surface area (Å²) in [5.41, 5.74) is 9.00. The fourth-order valence-corrected chi connectivity index (χ4v) is 2.29. The van der Waals surface area contributed by atoms with Crippen LogP contribution in [-0.4, -0.2) is 53.4 Å². The van der Waals surface area contributed by atoms with Crippen molar-refractivity contribution >= 4 is 15.9 Å². The van der Waals surface area contributed by atoms with Crippen molar-refractivity contribution in [3.8, 4) is 0 Å². The molecule has 0 saturated heterocycles. The second kappa shape index (κ2) is 11.4. The van der Waals surface area contributed by atoms with E-state index in [0.717, 1.165) is 4.31 Å². The van der Waals surface area contributed by atoms with Gasteiger partial charge in [-0.15, -0.1) is 0 Å². The van der Waals surface area contributed by atoms with Gasteiger partial charge in [-0.05, 0) is 26.2 Å². The number of nitrogens with zero attached hydrogens (tertiary/aromatic N) is 1. The second-order valence-electron chi connectivity index (χ2n) is 3.25. The van der Waals surface area contributed by atoms with Crippen LogP contribution in [-0.2, 0) is 14.8 Å². The highest BCUT2D eigenvalue weighted by molar-refractivity contribution is 7.89. The topological polar surface area (TPSA) is 119 Å². The van der Waals surface area contributed by atoms with Gasteiger partial charge in [-0.3, -0.25) is 4.79 Å². The quantitative estimate of drug-likeness (QED) is 0.673. The molecule has 1 aromatic rings. The molecule has 0 spiro atoms. The molecule has 0 bridgehead atoms. The Morgan fingerprint density at radius 1 is 1.15 bits per heavy atom. The summed E-state index contributed by atoms with van der Waals surface area (Å²) in [6, 6.07) is 8.00. The Morgan fingerprint density at radius 3 is 2.00 bits per heavy atom. The molecule has 0 saturated carbocycles. The van der Waals surface area contributed by atoms with Gasteiger partial charge in [0.05, 0.1) is 11.4 Å². The molecule has 0 aliphatic carbocycles. The van der Waals surface area contributed by atoms with E-state index in [-0.39, 0.29) is 17.3 Å². The predicted molar refractivity (Wildman–Crippen MR) is 80.5 cm³/mol. The SMILES string of the molecule is CN.CN.CNC(=O)CN(C)S(=O)(=O)c1ccccc1. The first kappa shape index (κ1) is 20.8. The summed E-state index contributed by atoms with van der Waals surface area (Å²) in [4.78, 5) is 11.3. The highest BCUT2D eigenvalue weighted by atomic mass is 32.2. The fourth-order valence-electron chi connectivity index (χ4n) is 1.14. The highest BCUT2D eigenvalue weighted by Gasteiger charge is 2.21. The van der Waals surface area contributed by atoms with Crippen molar-refractivity contribution in [2.24, 2.45) is 11.5 Å². The number of hydrogen-bond acceptors (Lipinski definition) is 5. The van der Waals surface area contributed by atoms with Gasteiger partial charge >= 0.3 is 0 Å². The lowest BCUT2D eigenvalue weighted by atomic mass is 10.4. The number of hydrogen-bond donors (Lipinski definition) is 3. The monoisotopic (exact) mass is 304 g/mol. The van der Waals surface area contributed by atoms with Gasteiger partial charge < -0.3 is 16.8 Å². The van der Waals surface area contributed by atoms with Gasteiger partial charge in [-0.2, -0.15) is 4.31 Å². The first-order chi connectivity index (χ1) is 9.48. The molecule has 0 aliphatic heterocycles. The van der Waals surface area contributed by atoms with E-state index in [1.165, 1.54) is 40.3 Å². The Balaban J connectivity index is 0. The fraction of sp³-hybridized carbons (Fsp3) is 0.417. The van der Waals surface area contributed by atoms with Crippen molar-refractivity contribution in [1.29, 1.82) is 0 Å². The normalized spacial score (nSPS) is 9.75. The average Bonchev–Trinajstić information content (AvgIpc) is 2.51.